The van der Waals surface area contributed by atoms with Gasteiger partial charge in [-0.1, -0.05) is 6.07 Å². The SMILES string of the molecule is CCOC(=O)C=CC1=c2ccc(=Cc3c(O)[nH]c4ncccc34)cc2N=N1. The smallest absolute Gasteiger partial charge is 0.330 e. The third-order valence-electron chi connectivity index (χ3n) is 4.13. The molecule has 3 heterocycles. The van der Waals surface area contributed by atoms with Crippen molar-refractivity contribution in [1.82, 2.24) is 9.97 Å². The molecule has 1 aromatic carbocycles. The van der Waals surface area contributed by atoms with Gasteiger partial charge in [0.2, 0.25) is 0 Å². The van der Waals surface area contributed by atoms with Crippen molar-refractivity contribution in [2.24, 2.45) is 10.2 Å². The van der Waals surface area contributed by atoms with Gasteiger partial charge in [-0.2, -0.15) is 0 Å². The standard InChI is InChI=1S/C20H16N4O3/c1-2-27-18(25)8-7-16-14-6-5-12(11-17(14)24-23-16)10-15-13-4-3-9-21-19(13)22-20(15)26/h3-11,26H,2H2,1H3,(H,21,22). The number of aromatic nitrogens is 2. The lowest BCUT2D eigenvalue weighted by Gasteiger charge is -1.95. The maximum Gasteiger partial charge on any atom is 0.330 e. The van der Waals surface area contributed by atoms with Gasteiger partial charge in [-0.3, -0.25) is 0 Å². The van der Waals surface area contributed by atoms with Gasteiger partial charge < -0.3 is 14.8 Å². The van der Waals surface area contributed by atoms with Crippen LogP contribution in [0.25, 0.3) is 22.8 Å². The Balaban J connectivity index is 1.74. The lowest BCUT2D eigenvalue weighted by molar-refractivity contribution is -0.137. The molecule has 7 heteroatoms. The van der Waals surface area contributed by atoms with Crippen LogP contribution in [0, 0.1) is 0 Å². The first-order valence-corrected chi connectivity index (χ1v) is 8.44. The number of ether oxygens (including phenoxy) is 1. The van der Waals surface area contributed by atoms with Crippen LogP contribution in [0.4, 0.5) is 5.69 Å². The highest BCUT2D eigenvalue weighted by Gasteiger charge is 2.10. The topological polar surface area (TPSA) is 99.9 Å². The Bertz CT molecular complexity index is 1220. The quantitative estimate of drug-likeness (QED) is 0.551. The summed E-state index contributed by atoms with van der Waals surface area (Å²) in [6, 6.07) is 9.38. The van der Waals surface area contributed by atoms with E-state index >= 15 is 0 Å². The summed E-state index contributed by atoms with van der Waals surface area (Å²) in [5.74, 6) is -0.350. The number of fused-ring (bicyclic) bond motifs is 2. The number of carbonyl (C=O) groups is 1. The van der Waals surface area contributed by atoms with Crippen LogP contribution >= 0.6 is 0 Å². The van der Waals surface area contributed by atoms with Crippen molar-refractivity contribution in [1.29, 1.82) is 0 Å². The molecular formula is C20H16N4O3. The van der Waals surface area contributed by atoms with Crippen LogP contribution in [-0.2, 0) is 9.53 Å². The Morgan fingerprint density at radius 2 is 2.19 bits per heavy atom. The fraction of sp³-hybridized carbons (Fsp3) is 0.100. The van der Waals surface area contributed by atoms with E-state index < -0.39 is 5.97 Å². The molecule has 0 amide bonds. The summed E-state index contributed by atoms with van der Waals surface area (Å²) in [6.45, 7) is 2.08. The van der Waals surface area contributed by atoms with Crippen molar-refractivity contribution < 1.29 is 14.6 Å². The second-order valence-electron chi connectivity index (χ2n) is 5.88. The number of hydrogen-bond donors (Lipinski definition) is 2. The molecule has 2 N–H and O–H groups in total. The molecule has 0 unspecified atom stereocenters. The monoisotopic (exact) mass is 360 g/mol. The normalized spacial score (nSPS) is 13.7. The van der Waals surface area contributed by atoms with E-state index in [9.17, 15) is 9.90 Å². The number of rotatable bonds is 4. The molecule has 134 valence electrons. The zero-order valence-corrected chi connectivity index (χ0v) is 14.5. The van der Waals surface area contributed by atoms with E-state index in [0.29, 0.717) is 29.2 Å². The Morgan fingerprint density at radius 3 is 3.04 bits per heavy atom. The van der Waals surface area contributed by atoms with E-state index in [1.54, 1.807) is 19.2 Å². The highest BCUT2D eigenvalue weighted by Crippen LogP contribution is 2.26. The largest absolute Gasteiger partial charge is 0.494 e. The van der Waals surface area contributed by atoms with Crippen LogP contribution in [0.1, 0.15) is 12.5 Å². The van der Waals surface area contributed by atoms with Gasteiger partial charge in [-0.05, 0) is 48.6 Å². The third-order valence-corrected chi connectivity index (χ3v) is 4.13. The van der Waals surface area contributed by atoms with Gasteiger partial charge in [-0.15, -0.1) is 10.2 Å². The molecule has 0 bridgehead atoms. The molecule has 0 fully saturated rings. The molecule has 0 saturated carbocycles. The van der Waals surface area contributed by atoms with Crippen molar-refractivity contribution >= 4 is 34.5 Å². The minimum atomic E-state index is -0.415. The highest BCUT2D eigenvalue weighted by atomic mass is 16.5. The summed E-state index contributed by atoms with van der Waals surface area (Å²) in [5, 5.41) is 21.0. The van der Waals surface area contributed by atoms with E-state index in [4.69, 9.17) is 4.74 Å². The number of azo groups is 1. The van der Waals surface area contributed by atoms with Crippen molar-refractivity contribution in [2.75, 3.05) is 6.61 Å². The van der Waals surface area contributed by atoms with Crippen molar-refractivity contribution in [2.45, 2.75) is 6.92 Å². The molecule has 1 aliphatic rings. The van der Waals surface area contributed by atoms with Crippen LogP contribution in [-0.4, -0.2) is 27.7 Å². The number of pyridine rings is 1. The average Bonchev–Trinajstić information content (AvgIpc) is 3.21. The van der Waals surface area contributed by atoms with E-state index in [1.807, 2.05) is 36.4 Å². The molecule has 27 heavy (non-hydrogen) atoms. The van der Waals surface area contributed by atoms with Gasteiger partial charge in [0, 0.05) is 28.4 Å². The Hall–Kier alpha value is -3.74. The van der Waals surface area contributed by atoms with Crippen molar-refractivity contribution in [3.8, 4) is 5.88 Å². The molecule has 0 atom stereocenters. The van der Waals surface area contributed by atoms with E-state index in [-0.39, 0.29) is 5.88 Å². The molecule has 7 nitrogen and oxygen atoms in total. The van der Waals surface area contributed by atoms with Gasteiger partial charge in [0.05, 0.1) is 18.0 Å². The summed E-state index contributed by atoms with van der Waals surface area (Å²) in [4.78, 5) is 18.5. The van der Waals surface area contributed by atoms with Gasteiger partial charge in [0.25, 0.3) is 0 Å². The second-order valence-corrected chi connectivity index (χ2v) is 5.88. The number of aromatic hydroxyl groups is 1. The number of nitrogens with one attached hydrogen (secondary N) is 1. The number of benzene rings is 1. The van der Waals surface area contributed by atoms with Gasteiger partial charge in [0.15, 0.2) is 5.88 Å². The maximum absolute atomic E-state index is 11.5. The van der Waals surface area contributed by atoms with Gasteiger partial charge in [0.1, 0.15) is 5.65 Å². The van der Waals surface area contributed by atoms with Gasteiger partial charge in [-0.25, -0.2) is 9.78 Å². The number of carbonyl (C=O) groups excluding carboxylic acids is 1. The van der Waals surface area contributed by atoms with E-state index in [0.717, 1.165) is 15.8 Å². The van der Waals surface area contributed by atoms with Crippen LogP contribution < -0.4 is 10.4 Å². The van der Waals surface area contributed by atoms with Crippen LogP contribution in [0.2, 0.25) is 0 Å². The molecule has 0 radical (unpaired) electrons. The first-order valence-electron chi connectivity index (χ1n) is 8.44. The lowest BCUT2D eigenvalue weighted by atomic mass is 10.1. The first-order chi connectivity index (χ1) is 13.2. The van der Waals surface area contributed by atoms with Crippen LogP contribution in [0.3, 0.4) is 0 Å². The van der Waals surface area contributed by atoms with E-state index in [1.165, 1.54) is 6.08 Å². The Labute approximate surface area is 154 Å². The molecule has 3 aromatic rings. The third kappa shape index (κ3) is 3.22. The second kappa shape index (κ2) is 6.87. The zero-order valence-electron chi connectivity index (χ0n) is 14.5. The first kappa shape index (κ1) is 16.7. The fourth-order valence-corrected chi connectivity index (χ4v) is 2.90. The predicted molar refractivity (Wildman–Crippen MR) is 101 cm³/mol. The summed E-state index contributed by atoms with van der Waals surface area (Å²) >= 11 is 0. The van der Waals surface area contributed by atoms with Gasteiger partial charge >= 0.3 is 5.97 Å². The molecule has 0 saturated heterocycles. The minimum absolute atomic E-state index is 0.0652. The molecule has 1 aliphatic heterocycles. The molecule has 4 rings (SSSR count). The number of H-pyrrole nitrogens is 1. The number of esters is 1. The predicted octanol–water partition coefficient (Wildman–Crippen LogP) is 2.42. The van der Waals surface area contributed by atoms with E-state index in [2.05, 4.69) is 20.2 Å². The Morgan fingerprint density at radius 1 is 1.30 bits per heavy atom. The van der Waals surface area contributed by atoms with Crippen LogP contribution in [0.15, 0.2) is 58.9 Å². The highest BCUT2D eigenvalue weighted by molar-refractivity contribution is 5.89. The number of aromatic amines is 1. The maximum atomic E-state index is 11.5. The molecule has 0 spiro atoms. The summed E-state index contributed by atoms with van der Waals surface area (Å²) in [6.07, 6.45) is 6.45. The summed E-state index contributed by atoms with van der Waals surface area (Å²) in [5.41, 5.74) is 2.59. The molecule has 0 aliphatic carbocycles. The minimum Gasteiger partial charge on any atom is -0.494 e. The lowest BCUT2D eigenvalue weighted by Crippen LogP contribution is -2.08. The van der Waals surface area contributed by atoms with Crippen molar-refractivity contribution in [3.05, 3.63) is 64.7 Å². The Kier molecular flexibility index (Phi) is 4.25. The molecular weight excluding hydrogens is 344 g/mol. The zero-order chi connectivity index (χ0) is 18.8. The number of hydrogen-bond acceptors (Lipinski definition) is 6. The molecule has 2 aromatic heterocycles. The summed E-state index contributed by atoms with van der Waals surface area (Å²) in [7, 11) is 0. The van der Waals surface area contributed by atoms with Crippen LogP contribution in [0.5, 0.6) is 5.88 Å². The summed E-state index contributed by atoms with van der Waals surface area (Å²) < 4.78 is 4.87. The van der Waals surface area contributed by atoms with Crippen molar-refractivity contribution in [3.63, 3.8) is 0 Å². The average molecular weight is 360 g/mol. The number of nitrogens with zero attached hydrogens (tertiary/aromatic N) is 3. The fourth-order valence-electron chi connectivity index (χ4n) is 2.90.